The molecule has 0 radical (unpaired) electrons. The van der Waals surface area contributed by atoms with Crippen molar-refractivity contribution in [2.75, 3.05) is 7.11 Å². The topological polar surface area (TPSA) is 66.0 Å². The molecule has 0 aromatic carbocycles. The van der Waals surface area contributed by atoms with Crippen LogP contribution in [0.4, 0.5) is 0 Å². The third-order valence-electron chi connectivity index (χ3n) is 2.93. The Morgan fingerprint density at radius 2 is 2.06 bits per heavy atom. The highest BCUT2D eigenvalue weighted by atomic mass is 16.5. The molecule has 0 saturated carbocycles. The van der Waals surface area contributed by atoms with Crippen molar-refractivity contribution in [3.05, 3.63) is 36.5 Å². The van der Waals surface area contributed by atoms with E-state index in [2.05, 4.69) is 23.8 Å². The van der Waals surface area contributed by atoms with Crippen LogP contribution in [0.25, 0.3) is 5.69 Å². The van der Waals surface area contributed by atoms with Gasteiger partial charge in [0.05, 0.1) is 37.2 Å². The zero-order valence-corrected chi connectivity index (χ0v) is 10.9. The second kappa shape index (κ2) is 5.18. The van der Waals surface area contributed by atoms with Crippen LogP contribution in [-0.2, 0) is 0 Å². The molecule has 0 spiro atoms. The number of methoxy groups -OCH3 is 1. The summed E-state index contributed by atoms with van der Waals surface area (Å²) >= 11 is 0. The van der Waals surface area contributed by atoms with E-state index in [0.29, 0.717) is 11.8 Å². The van der Waals surface area contributed by atoms with Gasteiger partial charge in [-0.3, -0.25) is 0 Å². The molecule has 0 aliphatic carbocycles. The Bertz CT molecular complexity index is 504. The Kier molecular flexibility index (Phi) is 3.62. The maximum absolute atomic E-state index is 6.17. The molecule has 2 rings (SSSR count). The highest BCUT2D eigenvalue weighted by molar-refractivity contribution is 5.34. The van der Waals surface area contributed by atoms with E-state index in [1.54, 1.807) is 25.8 Å². The maximum atomic E-state index is 6.17. The molecular formula is C13H18N4O. The number of hydrogen-bond donors (Lipinski definition) is 1. The summed E-state index contributed by atoms with van der Waals surface area (Å²) in [4.78, 5) is 8.36. The van der Waals surface area contributed by atoms with Gasteiger partial charge in [0, 0.05) is 12.1 Å². The molecule has 1 atom stereocenters. The Labute approximate surface area is 107 Å². The van der Waals surface area contributed by atoms with Gasteiger partial charge in [-0.25, -0.2) is 9.97 Å². The summed E-state index contributed by atoms with van der Waals surface area (Å²) in [6.45, 7) is 4.18. The average molecular weight is 246 g/mol. The fraction of sp³-hybridized carbons (Fsp3) is 0.385. The summed E-state index contributed by atoms with van der Waals surface area (Å²) < 4.78 is 7.00. The molecule has 5 nitrogen and oxygen atoms in total. The molecule has 2 aromatic heterocycles. The van der Waals surface area contributed by atoms with Crippen LogP contribution < -0.4 is 10.5 Å². The van der Waals surface area contributed by atoms with Crippen molar-refractivity contribution in [1.29, 1.82) is 0 Å². The first kappa shape index (κ1) is 12.6. The average Bonchev–Trinajstić information content (AvgIpc) is 2.87. The Hall–Kier alpha value is -1.88. The highest BCUT2D eigenvalue weighted by Gasteiger charge is 2.16. The summed E-state index contributed by atoms with van der Waals surface area (Å²) in [6, 6.07) is 3.71. The molecule has 2 N–H and O–H groups in total. The minimum absolute atomic E-state index is 0.0467. The van der Waals surface area contributed by atoms with Crippen LogP contribution in [0.3, 0.4) is 0 Å². The molecule has 0 aliphatic heterocycles. The van der Waals surface area contributed by atoms with Gasteiger partial charge in [-0.2, -0.15) is 0 Å². The van der Waals surface area contributed by atoms with E-state index in [4.69, 9.17) is 10.5 Å². The SMILES string of the molecule is COc1ccc(-n2cncc2C(N)C(C)C)cn1. The van der Waals surface area contributed by atoms with Crippen molar-refractivity contribution in [2.24, 2.45) is 11.7 Å². The molecule has 0 amide bonds. The highest BCUT2D eigenvalue weighted by Crippen LogP contribution is 2.22. The van der Waals surface area contributed by atoms with Gasteiger partial charge in [-0.05, 0) is 12.0 Å². The van der Waals surface area contributed by atoms with Gasteiger partial charge in [0.1, 0.15) is 0 Å². The number of aromatic nitrogens is 3. The number of hydrogen-bond acceptors (Lipinski definition) is 4. The molecule has 5 heteroatoms. The van der Waals surface area contributed by atoms with Crippen LogP contribution in [0.2, 0.25) is 0 Å². The van der Waals surface area contributed by atoms with Gasteiger partial charge in [-0.15, -0.1) is 0 Å². The lowest BCUT2D eigenvalue weighted by Crippen LogP contribution is -2.19. The lowest BCUT2D eigenvalue weighted by molar-refractivity contribution is 0.397. The van der Waals surface area contributed by atoms with Crippen molar-refractivity contribution >= 4 is 0 Å². The van der Waals surface area contributed by atoms with Gasteiger partial charge < -0.3 is 15.0 Å². The number of imidazole rings is 1. The van der Waals surface area contributed by atoms with Crippen molar-refractivity contribution in [3.63, 3.8) is 0 Å². The van der Waals surface area contributed by atoms with Gasteiger partial charge in [0.2, 0.25) is 5.88 Å². The first-order valence-corrected chi connectivity index (χ1v) is 5.91. The minimum Gasteiger partial charge on any atom is -0.481 e. The Balaban J connectivity index is 2.35. The molecular weight excluding hydrogens is 228 g/mol. The number of nitrogens with two attached hydrogens (primary N) is 1. The molecule has 96 valence electrons. The first-order chi connectivity index (χ1) is 8.63. The van der Waals surface area contributed by atoms with Crippen LogP contribution in [-0.4, -0.2) is 21.6 Å². The third-order valence-corrected chi connectivity index (χ3v) is 2.93. The predicted octanol–water partition coefficient (Wildman–Crippen LogP) is 1.93. The lowest BCUT2D eigenvalue weighted by Gasteiger charge is -2.17. The van der Waals surface area contributed by atoms with Crippen molar-refractivity contribution < 1.29 is 4.74 Å². The Morgan fingerprint density at radius 1 is 1.28 bits per heavy atom. The summed E-state index contributed by atoms with van der Waals surface area (Å²) in [5, 5.41) is 0. The largest absolute Gasteiger partial charge is 0.481 e. The second-order valence-electron chi connectivity index (χ2n) is 4.52. The summed E-state index contributed by atoms with van der Waals surface area (Å²) in [7, 11) is 1.60. The maximum Gasteiger partial charge on any atom is 0.213 e. The second-order valence-corrected chi connectivity index (χ2v) is 4.52. The molecule has 1 unspecified atom stereocenters. The van der Waals surface area contributed by atoms with Crippen LogP contribution >= 0.6 is 0 Å². The van der Waals surface area contributed by atoms with Gasteiger partial charge in [0.15, 0.2) is 0 Å². The molecule has 0 bridgehead atoms. The van der Waals surface area contributed by atoms with E-state index < -0.39 is 0 Å². The van der Waals surface area contributed by atoms with Crippen LogP contribution in [0.15, 0.2) is 30.9 Å². The molecule has 0 saturated heterocycles. The van der Waals surface area contributed by atoms with Crippen molar-refractivity contribution in [1.82, 2.24) is 14.5 Å². The number of rotatable bonds is 4. The summed E-state index contributed by atoms with van der Waals surface area (Å²) in [5.41, 5.74) is 8.08. The van der Waals surface area contributed by atoms with E-state index in [1.165, 1.54) is 0 Å². The smallest absolute Gasteiger partial charge is 0.213 e. The molecule has 2 heterocycles. The van der Waals surface area contributed by atoms with Gasteiger partial charge in [0.25, 0.3) is 0 Å². The first-order valence-electron chi connectivity index (χ1n) is 5.91. The quantitative estimate of drug-likeness (QED) is 0.895. The number of nitrogens with zero attached hydrogens (tertiary/aromatic N) is 3. The molecule has 2 aromatic rings. The van der Waals surface area contributed by atoms with Gasteiger partial charge >= 0.3 is 0 Å². The summed E-state index contributed by atoms with van der Waals surface area (Å²) in [5.74, 6) is 0.945. The monoisotopic (exact) mass is 246 g/mol. The fourth-order valence-electron chi connectivity index (χ4n) is 1.74. The molecule has 18 heavy (non-hydrogen) atoms. The lowest BCUT2D eigenvalue weighted by atomic mass is 10.0. The predicted molar refractivity (Wildman–Crippen MR) is 69.7 cm³/mol. The van der Waals surface area contributed by atoms with Crippen molar-refractivity contribution in [2.45, 2.75) is 19.9 Å². The van der Waals surface area contributed by atoms with E-state index in [9.17, 15) is 0 Å². The third kappa shape index (κ3) is 2.36. The van der Waals surface area contributed by atoms with Gasteiger partial charge in [-0.1, -0.05) is 13.8 Å². The van der Waals surface area contributed by atoms with Crippen LogP contribution in [0, 0.1) is 5.92 Å². The van der Waals surface area contributed by atoms with E-state index in [0.717, 1.165) is 11.4 Å². The van der Waals surface area contributed by atoms with E-state index >= 15 is 0 Å². The normalized spacial score (nSPS) is 12.7. The number of pyridine rings is 1. The minimum atomic E-state index is -0.0467. The summed E-state index contributed by atoms with van der Waals surface area (Å²) in [6.07, 6.45) is 5.30. The van der Waals surface area contributed by atoms with E-state index in [1.807, 2.05) is 16.7 Å². The molecule has 0 fully saturated rings. The fourth-order valence-corrected chi connectivity index (χ4v) is 1.74. The van der Waals surface area contributed by atoms with Crippen LogP contribution in [0.5, 0.6) is 5.88 Å². The number of ether oxygens (including phenoxy) is 1. The van der Waals surface area contributed by atoms with E-state index in [-0.39, 0.29) is 6.04 Å². The zero-order valence-electron chi connectivity index (χ0n) is 10.9. The van der Waals surface area contributed by atoms with Crippen molar-refractivity contribution in [3.8, 4) is 11.6 Å². The standard InChI is InChI=1S/C13H18N4O/c1-9(2)13(14)11-7-15-8-17(11)10-4-5-12(18-3)16-6-10/h4-9,13H,14H2,1-3H3. The Morgan fingerprint density at radius 3 is 2.61 bits per heavy atom. The zero-order chi connectivity index (χ0) is 13.1. The molecule has 0 aliphatic rings. The van der Waals surface area contributed by atoms with Crippen LogP contribution in [0.1, 0.15) is 25.6 Å².